The van der Waals surface area contributed by atoms with Gasteiger partial charge in [0.2, 0.25) is 0 Å². The van der Waals surface area contributed by atoms with Gasteiger partial charge in [-0.05, 0) is 67.1 Å². The van der Waals surface area contributed by atoms with Crippen molar-refractivity contribution in [2.75, 3.05) is 13.2 Å². The van der Waals surface area contributed by atoms with E-state index in [0.717, 1.165) is 4.47 Å². The molecule has 0 saturated carbocycles. The van der Waals surface area contributed by atoms with E-state index in [1.54, 1.807) is 54.6 Å². The number of benzene rings is 3. The van der Waals surface area contributed by atoms with Gasteiger partial charge in [0.05, 0.1) is 18.4 Å². The molecule has 0 bridgehead atoms. The monoisotopic (exact) mass is 496 g/mol. The summed E-state index contributed by atoms with van der Waals surface area (Å²) in [7, 11) is 0. The molecule has 0 aliphatic carbocycles. The predicted octanol–water partition coefficient (Wildman–Crippen LogP) is 4.60. The molecule has 0 fully saturated rings. The van der Waals surface area contributed by atoms with Crippen LogP contribution in [-0.4, -0.2) is 31.3 Å². The van der Waals surface area contributed by atoms with Crippen LogP contribution in [0.3, 0.4) is 0 Å². The molecule has 0 heterocycles. The van der Waals surface area contributed by atoms with Crippen LogP contribution in [-0.2, 0) is 4.79 Å². The minimum atomic E-state index is -0.481. The van der Waals surface area contributed by atoms with Gasteiger partial charge in [-0.15, -0.1) is 0 Å². The molecule has 0 aliphatic rings. The largest absolute Gasteiger partial charge is 0.490 e. The average Bonchev–Trinajstić information content (AvgIpc) is 2.81. The third kappa shape index (κ3) is 6.95. The highest BCUT2D eigenvalue weighted by atomic mass is 79.9. The first-order chi connectivity index (χ1) is 15.5. The van der Waals surface area contributed by atoms with Crippen molar-refractivity contribution in [3.63, 3.8) is 0 Å². The quantitative estimate of drug-likeness (QED) is 0.202. The molecule has 3 aromatic carbocycles. The lowest BCUT2D eigenvalue weighted by molar-refractivity contribution is -0.123. The van der Waals surface area contributed by atoms with Gasteiger partial charge in [0.15, 0.2) is 18.1 Å². The molecule has 3 rings (SSSR count). The van der Waals surface area contributed by atoms with Gasteiger partial charge in [-0.1, -0.05) is 34.1 Å². The SMILES string of the molecule is CCOc1cc(C=NNC(=O)COc2ccc(Br)cc2)ccc1OC(=O)c1ccccc1. The third-order valence-corrected chi connectivity index (χ3v) is 4.59. The fraction of sp³-hybridized carbons (Fsp3) is 0.125. The van der Waals surface area contributed by atoms with Gasteiger partial charge in [0.1, 0.15) is 5.75 Å². The van der Waals surface area contributed by atoms with E-state index < -0.39 is 11.9 Å². The maximum Gasteiger partial charge on any atom is 0.343 e. The van der Waals surface area contributed by atoms with Crippen molar-refractivity contribution < 1.29 is 23.8 Å². The van der Waals surface area contributed by atoms with Crippen molar-refractivity contribution in [1.82, 2.24) is 5.43 Å². The molecule has 0 radical (unpaired) electrons. The van der Waals surface area contributed by atoms with Gasteiger partial charge in [-0.25, -0.2) is 10.2 Å². The summed E-state index contributed by atoms with van der Waals surface area (Å²) in [4.78, 5) is 24.2. The van der Waals surface area contributed by atoms with Crippen LogP contribution in [0.1, 0.15) is 22.8 Å². The minimum Gasteiger partial charge on any atom is -0.490 e. The number of rotatable bonds is 9. The molecule has 164 valence electrons. The van der Waals surface area contributed by atoms with E-state index in [1.165, 1.54) is 6.21 Å². The molecule has 3 aromatic rings. The van der Waals surface area contributed by atoms with E-state index in [4.69, 9.17) is 14.2 Å². The van der Waals surface area contributed by atoms with Crippen LogP contribution >= 0.6 is 15.9 Å². The summed E-state index contributed by atoms with van der Waals surface area (Å²) in [6, 6.07) is 20.8. The first-order valence-electron chi connectivity index (χ1n) is 9.79. The number of esters is 1. The Morgan fingerprint density at radius 1 is 0.969 bits per heavy atom. The number of hydrazone groups is 1. The lowest BCUT2D eigenvalue weighted by atomic mass is 10.2. The number of hydrogen-bond donors (Lipinski definition) is 1. The highest BCUT2D eigenvalue weighted by Gasteiger charge is 2.13. The topological polar surface area (TPSA) is 86.2 Å². The molecular weight excluding hydrogens is 476 g/mol. The van der Waals surface area contributed by atoms with Crippen LogP contribution in [0.25, 0.3) is 0 Å². The lowest BCUT2D eigenvalue weighted by Crippen LogP contribution is -2.24. The number of halogens is 1. The van der Waals surface area contributed by atoms with Crippen molar-refractivity contribution in [3.05, 3.63) is 88.4 Å². The van der Waals surface area contributed by atoms with Crippen LogP contribution in [0.5, 0.6) is 17.2 Å². The van der Waals surface area contributed by atoms with Gasteiger partial charge >= 0.3 is 5.97 Å². The van der Waals surface area contributed by atoms with Gasteiger partial charge in [-0.3, -0.25) is 4.79 Å². The van der Waals surface area contributed by atoms with E-state index in [2.05, 4.69) is 26.5 Å². The second-order valence-corrected chi connectivity index (χ2v) is 7.35. The van der Waals surface area contributed by atoms with Crippen molar-refractivity contribution in [3.8, 4) is 17.2 Å². The van der Waals surface area contributed by atoms with Gasteiger partial charge in [0.25, 0.3) is 5.91 Å². The lowest BCUT2D eigenvalue weighted by Gasteiger charge is -2.11. The molecule has 32 heavy (non-hydrogen) atoms. The fourth-order valence-corrected chi connectivity index (χ4v) is 2.85. The van der Waals surface area contributed by atoms with Crippen LogP contribution in [0.4, 0.5) is 0 Å². The Balaban J connectivity index is 1.58. The highest BCUT2D eigenvalue weighted by Crippen LogP contribution is 2.29. The molecule has 8 heteroatoms. The Kier molecular flexibility index (Phi) is 8.39. The third-order valence-electron chi connectivity index (χ3n) is 4.07. The molecule has 0 saturated heterocycles. The van der Waals surface area contributed by atoms with Crippen LogP contribution in [0.15, 0.2) is 82.4 Å². The van der Waals surface area contributed by atoms with E-state index in [-0.39, 0.29) is 6.61 Å². The summed E-state index contributed by atoms with van der Waals surface area (Å²) in [5.74, 6) is 0.387. The Labute approximate surface area is 194 Å². The van der Waals surface area contributed by atoms with E-state index in [9.17, 15) is 9.59 Å². The zero-order chi connectivity index (χ0) is 22.8. The Morgan fingerprint density at radius 3 is 2.44 bits per heavy atom. The molecule has 0 atom stereocenters. The van der Waals surface area contributed by atoms with Crippen molar-refractivity contribution in [1.29, 1.82) is 0 Å². The maximum atomic E-state index is 12.3. The van der Waals surface area contributed by atoms with Crippen molar-refractivity contribution >= 4 is 34.0 Å². The maximum absolute atomic E-state index is 12.3. The molecule has 0 spiro atoms. The zero-order valence-electron chi connectivity index (χ0n) is 17.3. The summed E-state index contributed by atoms with van der Waals surface area (Å²) in [6.07, 6.45) is 1.46. The Hall–Kier alpha value is -3.65. The standard InChI is InChI=1S/C24H21BrN2O5/c1-2-30-22-14-17(8-13-21(22)32-24(29)18-6-4-3-5-7-18)15-26-27-23(28)16-31-20-11-9-19(25)10-12-20/h3-15H,2,16H2,1H3,(H,27,28). The first-order valence-corrected chi connectivity index (χ1v) is 10.6. The van der Waals surface area contributed by atoms with Crippen LogP contribution < -0.4 is 19.6 Å². The number of nitrogens with zero attached hydrogens (tertiary/aromatic N) is 1. The Bertz CT molecular complexity index is 1090. The molecule has 0 unspecified atom stereocenters. The summed E-state index contributed by atoms with van der Waals surface area (Å²) in [6.45, 7) is 2.05. The summed E-state index contributed by atoms with van der Waals surface area (Å²) in [5.41, 5.74) is 3.50. The number of amides is 1. The fourth-order valence-electron chi connectivity index (χ4n) is 2.58. The highest BCUT2D eigenvalue weighted by molar-refractivity contribution is 9.10. The molecular formula is C24H21BrN2O5. The van der Waals surface area contributed by atoms with E-state index in [1.807, 2.05) is 25.1 Å². The summed E-state index contributed by atoms with van der Waals surface area (Å²) < 4.78 is 17.4. The second kappa shape index (κ2) is 11.7. The van der Waals surface area contributed by atoms with E-state index >= 15 is 0 Å². The number of carbonyl (C=O) groups is 2. The summed E-state index contributed by atoms with van der Waals surface area (Å²) >= 11 is 3.34. The zero-order valence-corrected chi connectivity index (χ0v) is 18.9. The number of hydrogen-bond acceptors (Lipinski definition) is 6. The first kappa shape index (κ1) is 23.0. The molecule has 0 aliphatic heterocycles. The van der Waals surface area contributed by atoms with E-state index in [0.29, 0.717) is 35.0 Å². The van der Waals surface area contributed by atoms with Gasteiger partial charge in [0, 0.05) is 4.47 Å². The van der Waals surface area contributed by atoms with Crippen LogP contribution in [0, 0.1) is 0 Å². The Morgan fingerprint density at radius 2 is 1.72 bits per heavy atom. The predicted molar refractivity (Wildman–Crippen MR) is 124 cm³/mol. The van der Waals surface area contributed by atoms with Crippen molar-refractivity contribution in [2.24, 2.45) is 5.10 Å². The number of carbonyl (C=O) groups excluding carboxylic acids is 2. The second-order valence-electron chi connectivity index (χ2n) is 6.43. The molecule has 1 N–H and O–H groups in total. The smallest absolute Gasteiger partial charge is 0.343 e. The molecule has 7 nitrogen and oxygen atoms in total. The number of ether oxygens (including phenoxy) is 3. The van der Waals surface area contributed by atoms with Gasteiger partial charge < -0.3 is 14.2 Å². The normalized spacial score (nSPS) is 10.6. The summed E-state index contributed by atoms with van der Waals surface area (Å²) in [5, 5.41) is 3.93. The molecule has 0 aromatic heterocycles. The minimum absolute atomic E-state index is 0.169. The molecule has 1 amide bonds. The van der Waals surface area contributed by atoms with Crippen LogP contribution in [0.2, 0.25) is 0 Å². The van der Waals surface area contributed by atoms with Crippen molar-refractivity contribution in [2.45, 2.75) is 6.92 Å². The van der Waals surface area contributed by atoms with Gasteiger partial charge in [-0.2, -0.15) is 5.10 Å². The average molecular weight is 497 g/mol. The number of nitrogens with one attached hydrogen (secondary N) is 1.